The number of rotatable bonds is 3. The third-order valence-electron chi connectivity index (χ3n) is 5.18. The maximum atomic E-state index is 12.7. The fourth-order valence-corrected chi connectivity index (χ4v) is 3.90. The fraction of sp³-hybridized carbons (Fsp3) is 0.647. The topological polar surface area (TPSA) is 56.7 Å². The van der Waals surface area contributed by atoms with Crippen LogP contribution in [0.25, 0.3) is 0 Å². The number of anilines is 1. The van der Waals surface area contributed by atoms with Crippen molar-refractivity contribution in [3.05, 3.63) is 23.9 Å². The lowest BCUT2D eigenvalue weighted by molar-refractivity contribution is -0.138. The minimum atomic E-state index is -4.39. The number of carbonyl (C=O) groups excluding carboxylic acids is 1. The highest BCUT2D eigenvalue weighted by Crippen LogP contribution is 2.40. The molecule has 1 aromatic heterocycles. The largest absolute Gasteiger partial charge is 0.417 e. The number of hydrogen-bond donors (Lipinski definition) is 1. The number of aromatic nitrogens is 1. The molecule has 0 unspecified atom stereocenters. The summed E-state index contributed by atoms with van der Waals surface area (Å²) in [5.41, 5.74) is -0.827. The van der Waals surface area contributed by atoms with Gasteiger partial charge >= 0.3 is 6.18 Å². The van der Waals surface area contributed by atoms with Crippen molar-refractivity contribution in [1.29, 1.82) is 0 Å². The van der Waals surface area contributed by atoms with Crippen molar-refractivity contribution in [3.8, 4) is 0 Å². The van der Waals surface area contributed by atoms with Gasteiger partial charge in [0.15, 0.2) is 0 Å². The highest BCUT2D eigenvalue weighted by molar-refractivity contribution is 5.77. The summed E-state index contributed by atoms with van der Waals surface area (Å²) in [7, 11) is 0. The number of carbonyl (C=O) groups is 1. The molecule has 0 radical (unpaired) electrons. The van der Waals surface area contributed by atoms with E-state index in [0.29, 0.717) is 31.9 Å². The van der Waals surface area contributed by atoms with Crippen LogP contribution in [0.2, 0.25) is 0 Å². The van der Waals surface area contributed by atoms with Crippen LogP contribution in [0.3, 0.4) is 0 Å². The molecule has 1 aromatic rings. The summed E-state index contributed by atoms with van der Waals surface area (Å²) in [4.78, 5) is 19.7. The second-order valence-electron chi connectivity index (χ2n) is 6.97. The van der Waals surface area contributed by atoms with E-state index in [4.69, 9.17) is 5.11 Å². The molecule has 0 saturated carbocycles. The summed E-state index contributed by atoms with van der Waals surface area (Å²) in [5, 5.41) is 9.14. The van der Waals surface area contributed by atoms with Crippen LogP contribution in [0.4, 0.5) is 19.0 Å². The van der Waals surface area contributed by atoms with Gasteiger partial charge in [0, 0.05) is 44.2 Å². The second kappa shape index (κ2) is 6.82. The Hall–Kier alpha value is -1.83. The summed E-state index contributed by atoms with van der Waals surface area (Å²) in [6.45, 7) is 2.27. The van der Waals surface area contributed by atoms with Crippen molar-refractivity contribution in [2.75, 3.05) is 37.7 Å². The number of aliphatic hydroxyl groups excluding tert-OH is 1. The smallest absolute Gasteiger partial charge is 0.395 e. The minimum Gasteiger partial charge on any atom is -0.395 e. The van der Waals surface area contributed by atoms with Crippen molar-refractivity contribution in [1.82, 2.24) is 9.88 Å². The zero-order chi connectivity index (χ0) is 18.1. The quantitative estimate of drug-likeness (QED) is 0.902. The molecule has 3 rings (SSSR count). The van der Waals surface area contributed by atoms with Gasteiger partial charge in [0.1, 0.15) is 5.82 Å². The second-order valence-corrected chi connectivity index (χ2v) is 6.97. The molecule has 25 heavy (non-hydrogen) atoms. The third kappa shape index (κ3) is 3.89. The van der Waals surface area contributed by atoms with Crippen molar-refractivity contribution >= 4 is 11.7 Å². The number of nitrogens with zero attached hydrogens (tertiary/aromatic N) is 3. The van der Waals surface area contributed by atoms with Gasteiger partial charge in [-0.3, -0.25) is 4.79 Å². The van der Waals surface area contributed by atoms with Gasteiger partial charge in [-0.05, 0) is 31.4 Å². The first-order valence-electron chi connectivity index (χ1n) is 8.50. The van der Waals surface area contributed by atoms with Crippen molar-refractivity contribution in [2.45, 2.75) is 31.9 Å². The molecule has 138 valence electrons. The van der Waals surface area contributed by atoms with Crippen molar-refractivity contribution in [3.63, 3.8) is 0 Å². The third-order valence-corrected chi connectivity index (χ3v) is 5.18. The van der Waals surface area contributed by atoms with E-state index in [1.54, 1.807) is 4.90 Å². The van der Waals surface area contributed by atoms with Gasteiger partial charge in [-0.25, -0.2) is 4.98 Å². The van der Waals surface area contributed by atoms with Crippen LogP contribution >= 0.6 is 0 Å². The molecule has 3 heterocycles. The van der Waals surface area contributed by atoms with E-state index in [0.717, 1.165) is 38.1 Å². The van der Waals surface area contributed by atoms with E-state index in [1.165, 1.54) is 6.07 Å². The van der Waals surface area contributed by atoms with E-state index in [1.807, 2.05) is 4.90 Å². The molecule has 2 fully saturated rings. The highest BCUT2D eigenvalue weighted by Gasteiger charge is 2.42. The Balaban J connectivity index is 1.73. The summed E-state index contributed by atoms with van der Waals surface area (Å²) in [6, 6.07) is 2.48. The van der Waals surface area contributed by atoms with Crippen LogP contribution in [-0.2, 0) is 11.0 Å². The van der Waals surface area contributed by atoms with Gasteiger partial charge in [-0.15, -0.1) is 0 Å². The first-order chi connectivity index (χ1) is 11.8. The number of pyridine rings is 1. The molecule has 0 aromatic carbocycles. The fourth-order valence-electron chi connectivity index (χ4n) is 3.90. The molecular weight excluding hydrogens is 335 g/mol. The number of amides is 1. The first-order valence-corrected chi connectivity index (χ1v) is 8.50. The lowest BCUT2D eigenvalue weighted by Gasteiger charge is -2.48. The Bertz CT molecular complexity index is 621. The Morgan fingerprint density at radius 3 is 2.68 bits per heavy atom. The molecule has 0 bridgehead atoms. The molecule has 1 spiro atoms. The van der Waals surface area contributed by atoms with Crippen molar-refractivity contribution < 1.29 is 23.1 Å². The van der Waals surface area contributed by atoms with Gasteiger partial charge in [0.25, 0.3) is 0 Å². The lowest BCUT2D eigenvalue weighted by atomic mass is 9.73. The lowest BCUT2D eigenvalue weighted by Crippen LogP contribution is -2.54. The standard InChI is InChI=1S/C17H22F3N3O2/c18-17(19,20)13-2-3-14(21-10-13)22-7-1-5-16(11-22)6-4-15(25)23(12-16)8-9-24/h2-3,10,24H,1,4-9,11-12H2/t16-/m1/s1. The van der Waals surface area contributed by atoms with E-state index in [9.17, 15) is 18.0 Å². The van der Waals surface area contributed by atoms with Gasteiger partial charge in [0.05, 0.1) is 12.2 Å². The highest BCUT2D eigenvalue weighted by atomic mass is 19.4. The van der Waals surface area contributed by atoms with E-state index in [2.05, 4.69) is 4.98 Å². The molecule has 1 N–H and O–H groups in total. The average Bonchev–Trinajstić information content (AvgIpc) is 2.58. The number of piperidine rings is 2. The van der Waals surface area contributed by atoms with Gasteiger partial charge in [0.2, 0.25) is 5.91 Å². The van der Waals surface area contributed by atoms with Crippen LogP contribution in [0.5, 0.6) is 0 Å². The van der Waals surface area contributed by atoms with Crippen LogP contribution in [0.1, 0.15) is 31.2 Å². The normalized spacial score (nSPS) is 24.9. The molecule has 5 nitrogen and oxygen atoms in total. The maximum Gasteiger partial charge on any atom is 0.417 e. The summed E-state index contributed by atoms with van der Waals surface area (Å²) in [6.07, 6.45) is -0.412. The number of aliphatic hydroxyl groups is 1. The molecule has 8 heteroatoms. The van der Waals surface area contributed by atoms with Crippen LogP contribution in [0, 0.1) is 5.41 Å². The Morgan fingerprint density at radius 1 is 1.24 bits per heavy atom. The Morgan fingerprint density at radius 2 is 2.04 bits per heavy atom. The van der Waals surface area contributed by atoms with Gasteiger partial charge in [-0.2, -0.15) is 13.2 Å². The zero-order valence-corrected chi connectivity index (χ0v) is 13.9. The van der Waals surface area contributed by atoms with E-state index >= 15 is 0 Å². The Kier molecular flexibility index (Phi) is 4.90. The zero-order valence-electron chi connectivity index (χ0n) is 13.9. The molecule has 2 aliphatic rings. The predicted octanol–water partition coefficient (Wildman–Crippen LogP) is 2.30. The molecule has 2 aliphatic heterocycles. The number of halogens is 3. The van der Waals surface area contributed by atoms with Crippen LogP contribution < -0.4 is 4.90 Å². The maximum absolute atomic E-state index is 12.7. The van der Waals surface area contributed by atoms with Crippen LogP contribution in [0.15, 0.2) is 18.3 Å². The summed E-state index contributed by atoms with van der Waals surface area (Å²) < 4.78 is 38.1. The van der Waals surface area contributed by atoms with Crippen LogP contribution in [-0.4, -0.2) is 53.7 Å². The Labute approximate surface area is 144 Å². The van der Waals surface area contributed by atoms with E-state index in [-0.39, 0.29) is 17.9 Å². The number of β-amino-alcohol motifs (C(OH)–C–C–N with tert-alkyl or cyclic N) is 1. The SMILES string of the molecule is O=C1CC[C@@]2(CCCN(c3ccc(C(F)(F)F)cn3)C2)CN1CCO. The van der Waals surface area contributed by atoms with Crippen molar-refractivity contribution in [2.24, 2.45) is 5.41 Å². The molecule has 1 atom stereocenters. The van der Waals surface area contributed by atoms with Gasteiger partial charge in [-0.1, -0.05) is 0 Å². The summed E-state index contributed by atoms with van der Waals surface area (Å²) >= 11 is 0. The first kappa shape index (κ1) is 18.0. The number of alkyl halides is 3. The molecule has 1 amide bonds. The monoisotopic (exact) mass is 357 g/mol. The number of hydrogen-bond acceptors (Lipinski definition) is 4. The van der Waals surface area contributed by atoms with Gasteiger partial charge < -0.3 is 14.9 Å². The number of likely N-dealkylation sites (tertiary alicyclic amines) is 1. The summed E-state index contributed by atoms with van der Waals surface area (Å²) in [5.74, 6) is 0.599. The molecule has 0 aliphatic carbocycles. The molecular formula is C17H22F3N3O2. The average molecular weight is 357 g/mol. The molecule has 2 saturated heterocycles. The predicted molar refractivity (Wildman–Crippen MR) is 86.0 cm³/mol. The van der Waals surface area contributed by atoms with E-state index < -0.39 is 11.7 Å². The minimum absolute atomic E-state index is 0.0597.